The smallest absolute Gasteiger partial charge is 0.254 e. The third-order valence-electron chi connectivity index (χ3n) is 3.04. The summed E-state index contributed by atoms with van der Waals surface area (Å²) in [5.41, 5.74) is 1.63. The molecule has 0 spiro atoms. The molecule has 2 aromatic rings. The molecule has 0 unspecified atom stereocenters. The highest BCUT2D eigenvalue weighted by Gasteiger charge is 2.18. The Hall–Kier alpha value is -1.46. The minimum Gasteiger partial charge on any atom is -0.378 e. The molecule has 0 radical (unpaired) electrons. The highest BCUT2D eigenvalue weighted by Crippen LogP contribution is 2.23. The zero-order valence-electron chi connectivity index (χ0n) is 10.2. The SMILES string of the molecule is Cc1nc2cc(C(=O)N3CCOCC3)ccc2s1. The van der Waals surface area contributed by atoms with Crippen molar-refractivity contribution in [2.24, 2.45) is 0 Å². The fraction of sp³-hybridized carbons (Fsp3) is 0.385. The van der Waals surface area contributed by atoms with E-state index in [0.29, 0.717) is 26.3 Å². The zero-order valence-corrected chi connectivity index (χ0v) is 11.0. The lowest BCUT2D eigenvalue weighted by atomic mass is 10.2. The van der Waals surface area contributed by atoms with Gasteiger partial charge in [-0.15, -0.1) is 11.3 Å². The van der Waals surface area contributed by atoms with Crippen LogP contribution in [0.4, 0.5) is 0 Å². The number of rotatable bonds is 1. The third kappa shape index (κ3) is 2.11. The molecule has 0 bridgehead atoms. The van der Waals surface area contributed by atoms with Crippen molar-refractivity contribution in [3.63, 3.8) is 0 Å². The minimum atomic E-state index is 0.0749. The average Bonchev–Trinajstić information content (AvgIpc) is 2.78. The van der Waals surface area contributed by atoms with Crippen molar-refractivity contribution in [3.05, 3.63) is 28.8 Å². The quantitative estimate of drug-likeness (QED) is 0.790. The Kier molecular flexibility index (Phi) is 3.01. The van der Waals surface area contributed by atoms with E-state index in [1.165, 1.54) is 0 Å². The van der Waals surface area contributed by atoms with Gasteiger partial charge in [-0.2, -0.15) is 0 Å². The number of ether oxygens (including phenoxy) is 1. The standard InChI is InChI=1S/C13H14N2O2S/c1-9-14-11-8-10(2-3-12(11)18-9)13(16)15-4-6-17-7-5-15/h2-3,8H,4-7H2,1H3. The van der Waals surface area contributed by atoms with E-state index in [-0.39, 0.29) is 5.91 Å². The Labute approximate surface area is 109 Å². The number of aryl methyl sites for hydroxylation is 1. The second kappa shape index (κ2) is 4.66. The number of thiazole rings is 1. The lowest BCUT2D eigenvalue weighted by Gasteiger charge is -2.26. The fourth-order valence-corrected chi connectivity index (χ4v) is 2.93. The summed E-state index contributed by atoms with van der Waals surface area (Å²) < 4.78 is 6.39. The summed E-state index contributed by atoms with van der Waals surface area (Å²) in [4.78, 5) is 18.6. The second-order valence-corrected chi connectivity index (χ2v) is 5.55. The number of hydrogen-bond acceptors (Lipinski definition) is 4. The molecule has 4 nitrogen and oxygen atoms in total. The van der Waals surface area contributed by atoms with Crippen molar-refractivity contribution >= 4 is 27.5 Å². The molecule has 94 valence electrons. The number of aromatic nitrogens is 1. The Morgan fingerprint density at radius 2 is 2.17 bits per heavy atom. The number of nitrogens with zero attached hydrogens (tertiary/aromatic N) is 2. The summed E-state index contributed by atoms with van der Waals surface area (Å²) in [6, 6.07) is 5.75. The molecule has 0 saturated carbocycles. The van der Waals surface area contributed by atoms with Crippen molar-refractivity contribution in [1.82, 2.24) is 9.88 Å². The van der Waals surface area contributed by atoms with E-state index in [4.69, 9.17) is 4.74 Å². The van der Waals surface area contributed by atoms with Crippen LogP contribution in [0.2, 0.25) is 0 Å². The molecule has 1 fully saturated rings. The van der Waals surface area contributed by atoms with Gasteiger partial charge in [0.15, 0.2) is 0 Å². The highest BCUT2D eigenvalue weighted by atomic mass is 32.1. The topological polar surface area (TPSA) is 42.4 Å². The van der Waals surface area contributed by atoms with Crippen molar-refractivity contribution in [1.29, 1.82) is 0 Å². The molecule has 1 saturated heterocycles. The molecule has 5 heteroatoms. The zero-order chi connectivity index (χ0) is 12.5. The number of benzene rings is 1. The third-order valence-corrected chi connectivity index (χ3v) is 3.99. The fourth-order valence-electron chi connectivity index (χ4n) is 2.12. The Balaban J connectivity index is 1.90. The van der Waals surface area contributed by atoms with Crippen LogP contribution in [0.1, 0.15) is 15.4 Å². The van der Waals surface area contributed by atoms with Crippen LogP contribution in [0.5, 0.6) is 0 Å². The van der Waals surface area contributed by atoms with Crippen molar-refractivity contribution in [2.75, 3.05) is 26.3 Å². The van der Waals surface area contributed by atoms with Gasteiger partial charge < -0.3 is 9.64 Å². The number of carbonyl (C=O) groups is 1. The summed E-state index contributed by atoms with van der Waals surface area (Å²) in [5, 5.41) is 1.03. The van der Waals surface area contributed by atoms with Crippen molar-refractivity contribution in [2.45, 2.75) is 6.92 Å². The summed E-state index contributed by atoms with van der Waals surface area (Å²) in [5.74, 6) is 0.0749. The van der Waals surface area contributed by atoms with E-state index in [9.17, 15) is 4.79 Å². The number of fused-ring (bicyclic) bond motifs is 1. The second-order valence-electron chi connectivity index (χ2n) is 4.32. The van der Waals surface area contributed by atoms with Gasteiger partial charge in [-0.25, -0.2) is 4.98 Å². The number of carbonyl (C=O) groups excluding carboxylic acids is 1. The van der Waals surface area contributed by atoms with Gasteiger partial charge in [-0.3, -0.25) is 4.79 Å². The summed E-state index contributed by atoms with van der Waals surface area (Å²) in [6.07, 6.45) is 0. The average molecular weight is 262 g/mol. The first-order chi connectivity index (χ1) is 8.74. The maximum atomic E-state index is 12.3. The number of morpholine rings is 1. The molecule has 0 atom stereocenters. The maximum absolute atomic E-state index is 12.3. The van der Waals surface area contributed by atoms with Crippen LogP contribution < -0.4 is 0 Å². The van der Waals surface area contributed by atoms with Gasteiger partial charge in [-0.05, 0) is 25.1 Å². The summed E-state index contributed by atoms with van der Waals surface area (Å²) >= 11 is 1.65. The van der Waals surface area contributed by atoms with Gasteiger partial charge in [0.2, 0.25) is 0 Å². The number of amides is 1. The monoisotopic (exact) mass is 262 g/mol. The van der Waals surface area contributed by atoms with E-state index in [1.807, 2.05) is 30.0 Å². The van der Waals surface area contributed by atoms with Crippen LogP contribution in [0.3, 0.4) is 0 Å². The first kappa shape index (κ1) is 11.6. The molecule has 2 heterocycles. The van der Waals surface area contributed by atoms with E-state index in [0.717, 1.165) is 20.8 Å². The van der Waals surface area contributed by atoms with Crippen LogP contribution in [-0.2, 0) is 4.74 Å². The molecule has 0 N–H and O–H groups in total. The van der Waals surface area contributed by atoms with Crippen LogP contribution in [0, 0.1) is 6.92 Å². The highest BCUT2D eigenvalue weighted by molar-refractivity contribution is 7.18. The summed E-state index contributed by atoms with van der Waals surface area (Å²) in [6.45, 7) is 4.58. The van der Waals surface area contributed by atoms with E-state index >= 15 is 0 Å². The van der Waals surface area contributed by atoms with Crippen LogP contribution in [0.25, 0.3) is 10.2 Å². The summed E-state index contributed by atoms with van der Waals surface area (Å²) in [7, 11) is 0. The van der Waals surface area contributed by atoms with Crippen LogP contribution >= 0.6 is 11.3 Å². The Morgan fingerprint density at radius 1 is 1.39 bits per heavy atom. The normalized spacial score (nSPS) is 16.2. The van der Waals surface area contributed by atoms with Gasteiger partial charge in [-0.1, -0.05) is 0 Å². The largest absolute Gasteiger partial charge is 0.378 e. The minimum absolute atomic E-state index is 0.0749. The molecule has 18 heavy (non-hydrogen) atoms. The van der Waals surface area contributed by atoms with Crippen molar-refractivity contribution < 1.29 is 9.53 Å². The number of hydrogen-bond donors (Lipinski definition) is 0. The molecule has 1 aromatic carbocycles. The van der Waals surface area contributed by atoms with Crippen LogP contribution in [0.15, 0.2) is 18.2 Å². The predicted molar refractivity (Wildman–Crippen MR) is 71.1 cm³/mol. The van der Waals surface area contributed by atoms with Gasteiger partial charge >= 0.3 is 0 Å². The molecule has 1 aromatic heterocycles. The molecule has 3 rings (SSSR count). The lowest BCUT2D eigenvalue weighted by Crippen LogP contribution is -2.40. The Morgan fingerprint density at radius 3 is 2.94 bits per heavy atom. The predicted octanol–water partition coefficient (Wildman–Crippen LogP) is 2.08. The molecule has 1 aliphatic rings. The molecular weight excluding hydrogens is 248 g/mol. The lowest BCUT2D eigenvalue weighted by molar-refractivity contribution is 0.0303. The van der Waals surface area contributed by atoms with Gasteiger partial charge in [0.25, 0.3) is 5.91 Å². The maximum Gasteiger partial charge on any atom is 0.254 e. The van der Waals surface area contributed by atoms with E-state index in [1.54, 1.807) is 11.3 Å². The first-order valence-electron chi connectivity index (χ1n) is 5.98. The Bertz CT molecular complexity index is 588. The van der Waals surface area contributed by atoms with E-state index < -0.39 is 0 Å². The van der Waals surface area contributed by atoms with Gasteiger partial charge in [0, 0.05) is 18.7 Å². The molecule has 1 amide bonds. The molecule has 0 aliphatic carbocycles. The van der Waals surface area contributed by atoms with Crippen LogP contribution in [-0.4, -0.2) is 42.1 Å². The molecule has 1 aliphatic heterocycles. The first-order valence-corrected chi connectivity index (χ1v) is 6.80. The molecular formula is C13H14N2O2S. The van der Waals surface area contributed by atoms with E-state index in [2.05, 4.69) is 4.98 Å². The van der Waals surface area contributed by atoms with Gasteiger partial charge in [0.05, 0.1) is 28.4 Å². The van der Waals surface area contributed by atoms with Crippen molar-refractivity contribution in [3.8, 4) is 0 Å². The van der Waals surface area contributed by atoms with Gasteiger partial charge in [0.1, 0.15) is 0 Å².